The Morgan fingerprint density at radius 1 is 1.12 bits per heavy atom. The molecule has 17 heavy (non-hydrogen) atoms. The maximum absolute atomic E-state index is 11.7. The predicted molar refractivity (Wildman–Crippen MR) is 70.7 cm³/mol. The van der Waals surface area contributed by atoms with Crippen molar-refractivity contribution in [3.63, 3.8) is 0 Å². The third kappa shape index (κ3) is 7.04. The van der Waals surface area contributed by atoms with Crippen LogP contribution in [0.5, 0.6) is 0 Å². The van der Waals surface area contributed by atoms with Gasteiger partial charge in [0.1, 0.15) is 0 Å². The van der Waals surface area contributed by atoms with Gasteiger partial charge in [0, 0.05) is 0 Å². The fraction of sp³-hybridized carbons (Fsp3) is 0.750. The molecule has 0 aromatic rings. The Kier molecular flexibility index (Phi) is 7.70. The lowest BCUT2D eigenvalue weighted by Crippen LogP contribution is -2.18. The van der Waals surface area contributed by atoms with Crippen molar-refractivity contribution >= 4 is 16.2 Å². The van der Waals surface area contributed by atoms with Gasteiger partial charge in [-0.15, -0.1) is 0 Å². The second-order valence-corrected chi connectivity index (χ2v) is 5.38. The van der Waals surface area contributed by atoms with Crippen LogP contribution in [0, 0.1) is 0 Å². The van der Waals surface area contributed by atoms with E-state index in [0.717, 1.165) is 6.42 Å². The standard InChI is InChI=1S/C12H24O4Si/c1-6-7-14-11(13)10(17)12(15-8(2)3)16-9(4)5/h8-9H,6-7H2,1-5,17H3. The number of ether oxygens (including phenoxy) is 3. The van der Waals surface area contributed by atoms with E-state index < -0.39 is 0 Å². The van der Waals surface area contributed by atoms with Crippen molar-refractivity contribution in [1.29, 1.82) is 0 Å². The molecule has 100 valence electrons. The van der Waals surface area contributed by atoms with Gasteiger partial charge in [0.05, 0.1) is 34.3 Å². The maximum Gasteiger partial charge on any atom is 0.335 e. The average Bonchev–Trinajstić information content (AvgIpc) is 2.22. The summed E-state index contributed by atoms with van der Waals surface area (Å²) in [5.41, 5.74) is 0. The fourth-order valence-corrected chi connectivity index (χ4v) is 1.40. The number of hydrogen-bond donors (Lipinski definition) is 0. The van der Waals surface area contributed by atoms with Gasteiger partial charge in [-0.1, -0.05) is 6.92 Å². The summed E-state index contributed by atoms with van der Waals surface area (Å²) < 4.78 is 16.1. The predicted octanol–water partition coefficient (Wildman–Crippen LogP) is 1.32. The summed E-state index contributed by atoms with van der Waals surface area (Å²) in [6.45, 7) is 9.98. The molecule has 0 rings (SSSR count). The van der Waals surface area contributed by atoms with Crippen LogP contribution in [0.2, 0.25) is 0 Å². The molecule has 0 radical (unpaired) electrons. The number of carbonyl (C=O) groups is 1. The van der Waals surface area contributed by atoms with E-state index in [4.69, 9.17) is 14.2 Å². The summed E-state index contributed by atoms with van der Waals surface area (Å²) >= 11 is 0. The molecular formula is C12H24O4Si. The Morgan fingerprint density at radius 2 is 1.59 bits per heavy atom. The zero-order chi connectivity index (χ0) is 13.4. The molecule has 0 saturated carbocycles. The van der Waals surface area contributed by atoms with Crippen LogP contribution in [-0.2, 0) is 19.0 Å². The van der Waals surface area contributed by atoms with Crippen molar-refractivity contribution in [3.05, 3.63) is 11.1 Å². The van der Waals surface area contributed by atoms with Gasteiger partial charge in [-0.05, 0) is 34.1 Å². The van der Waals surface area contributed by atoms with Crippen LogP contribution < -0.4 is 0 Å². The maximum atomic E-state index is 11.7. The molecular weight excluding hydrogens is 236 g/mol. The molecule has 0 aliphatic heterocycles. The number of rotatable bonds is 7. The van der Waals surface area contributed by atoms with Crippen molar-refractivity contribution in [1.82, 2.24) is 0 Å². The van der Waals surface area contributed by atoms with Crippen molar-refractivity contribution in [2.24, 2.45) is 0 Å². The van der Waals surface area contributed by atoms with Gasteiger partial charge in [-0.25, -0.2) is 4.79 Å². The SMILES string of the molecule is CCCOC(=O)C([SiH3])=C(OC(C)C)OC(C)C. The molecule has 0 aromatic carbocycles. The zero-order valence-electron chi connectivity index (χ0n) is 11.7. The van der Waals surface area contributed by atoms with E-state index in [1.54, 1.807) is 0 Å². The van der Waals surface area contributed by atoms with Gasteiger partial charge >= 0.3 is 5.97 Å². The van der Waals surface area contributed by atoms with E-state index in [9.17, 15) is 4.79 Å². The van der Waals surface area contributed by atoms with E-state index in [-0.39, 0.29) is 18.2 Å². The molecule has 0 heterocycles. The topological polar surface area (TPSA) is 44.8 Å². The van der Waals surface area contributed by atoms with Gasteiger partial charge < -0.3 is 14.2 Å². The van der Waals surface area contributed by atoms with Crippen LogP contribution in [0.1, 0.15) is 41.0 Å². The molecule has 0 spiro atoms. The van der Waals surface area contributed by atoms with Crippen molar-refractivity contribution in [2.45, 2.75) is 53.2 Å². The lowest BCUT2D eigenvalue weighted by molar-refractivity contribution is -0.139. The number of carbonyl (C=O) groups excluding carboxylic acids is 1. The molecule has 0 aliphatic rings. The first kappa shape index (κ1) is 16.0. The molecule has 0 bridgehead atoms. The molecule has 0 aromatic heterocycles. The highest BCUT2D eigenvalue weighted by molar-refractivity contribution is 6.35. The summed E-state index contributed by atoms with van der Waals surface area (Å²) in [4.78, 5) is 11.7. The Bertz CT molecular complexity index is 260. The minimum absolute atomic E-state index is 0.0216. The molecule has 0 N–H and O–H groups in total. The summed E-state index contributed by atoms with van der Waals surface area (Å²) in [6.07, 6.45) is 0.768. The van der Waals surface area contributed by atoms with Crippen LogP contribution in [-0.4, -0.2) is 35.0 Å². The van der Waals surface area contributed by atoms with Gasteiger partial charge in [-0.2, -0.15) is 0 Å². The molecule has 0 amide bonds. The zero-order valence-corrected chi connectivity index (χ0v) is 13.7. The lowest BCUT2D eigenvalue weighted by atomic mass is 10.4. The monoisotopic (exact) mass is 260 g/mol. The Morgan fingerprint density at radius 3 is 1.94 bits per heavy atom. The highest BCUT2D eigenvalue weighted by Crippen LogP contribution is 2.12. The first-order valence-corrected chi connectivity index (χ1v) is 7.09. The molecule has 0 aliphatic carbocycles. The second kappa shape index (κ2) is 8.17. The molecule has 0 atom stereocenters. The minimum Gasteiger partial charge on any atom is -0.463 e. The highest BCUT2D eigenvalue weighted by atomic mass is 28.1. The van der Waals surface area contributed by atoms with Crippen molar-refractivity contribution in [2.75, 3.05) is 6.61 Å². The number of hydrogen-bond acceptors (Lipinski definition) is 4. The van der Waals surface area contributed by atoms with Gasteiger partial charge in [0.15, 0.2) is 0 Å². The second-order valence-electron chi connectivity index (χ2n) is 4.38. The first-order valence-electron chi connectivity index (χ1n) is 6.09. The van der Waals surface area contributed by atoms with E-state index >= 15 is 0 Å². The van der Waals surface area contributed by atoms with E-state index in [0.29, 0.717) is 28.0 Å². The average molecular weight is 260 g/mol. The Hall–Kier alpha value is -0.973. The molecule has 5 heteroatoms. The number of esters is 1. The van der Waals surface area contributed by atoms with Crippen LogP contribution in [0.25, 0.3) is 0 Å². The van der Waals surface area contributed by atoms with Crippen LogP contribution in [0.15, 0.2) is 11.1 Å². The van der Waals surface area contributed by atoms with Gasteiger partial charge in [-0.3, -0.25) is 0 Å². The van der Waals surface area contributed by atoms with Crippen LogP contribution in [0.4, 0.5) is 0 Å². The quantitative estimate of drug-likeness (QED) is 0.300. The summed E-state index contributed by atoms with van der Waals surface area (Å²) in [5, 5.41) is 0.515. The minimum atomic E-state index is -0.324. The summed E-state index contributed by atoms with van der Waals surface area (Å²) in [5.74, 6) is -0.00223. The van der Waals surface area contributed by atoms with E-state index in [1.165, 1.54) is 0 Å². The molecule has 0 unspecified atom stereocenters. The van der Waals surface area contributed by atoms with Crippen molar-refractivity contribution < 1.29 is 19.0 Å². The van der Waals surface area contributed by atoms with E-state index in [1.807, 2.05) is 34.6 Å². The summed E-state index contributed by atoms with van der Waals surface area (Å²) in [7, 11) is 0.539. The first-order chi connectivity index (χ1) is 7.88. The Balaban J connectivity index is 4.75. The van der Waals surface area contributed by atoms with Crippen molar-refractivity contribution in [3.8, 4) is 0 Å². The van der Waals surface area contributed by atoms with Crippen LogP contribution in [0.3, 0.4) is 0 Å². The third-order valence-corrected chi connectivity index (χ3v) is 2.55. The van der Waals surface area contributed by atoms with Gasteiger partial charge in [0.2, 0.25) is 0 Å². The molecule has 0 saturated heterocycles. The Labute approximate surface area is 107 Å². The van der Waals surface area contributed by atoms with Crippen LogP contribution >= 0.6 is 0 Å². The smallest absolute Gasteiger partial charge is 0.335 e. The highest BCUT2D eigenvalue weighted by Gasteiger charge is 2.17. The lowest BCUT2D eigenvalue weighted by Gasteiger charge is -2.19. The summed E-state index contributed by atoms with van der Waals surface area (Å²) in [6, 6.07) is 0. The fourth-order valence-electron chi connectivity index (χ4n) is 1.02. The largest absolute Gasteiger partial charge is 0.463 e. The normalized spacial score (nSPS) is 10.5. The third-order valence-electron chi connectivity index (χ3n) is 1.74. The molecule has 4 nitrogen and oxygen atoms in total. The van der Waals surface area contributed by atoms with E-state index in [2.05, 4.69) is 0 Å². The van der Waals surface area contributed by atoms with Gasteiger partial charge in [0.25, 0.3) is 5.95 Å². The molecule has 0 fully saturated rings.